The Hall–Kier alpha value is -0.610. The van der Waals surface area contributed by atoms with Gasteiger partial charge in [-0.25, -0.2) is 0 Å². The first-order chi connectivity index (χ1) is 9.30. The first-order valence-electron chi connectivity index (χ1n) is 7.95. The van der Waals surface area contributed by atoms with Crippen molar-refractivity contribution >= 4 is 5.97 Å². The second-order valence-electron chi connectivity index (χ2n) is 6.66. The van der Waals surface area contributed by atoms with Gasteiger partial charge in [0.25, 0.3) is 0 Å². The Balaban J connectivity index is 2.56. The van der Waals surface area contributed by atoms with Crippen molar-refractivity contribution in [2.75, 3.05) is 20.2 Å². The third-order valence-electron chi connectivity index (χ3n) is 4.30. The van der Waals surface area contributed by atoms with Gasteiger partial charge in [-0.3, -0.25) is 10.1 Å². The number of hydrogen-bond acceptors (Lipinski definition) is 4. The lowest BCUT2D eigenvalue weighted by Crippen LogP contribution is -2.55. The Labute approximate surface area is 124 Å². The van der Waals surface area contributed by atoms with Crippen LogP contribution in [0.4, 0.5) is 0 Å². The molecule has 1 aliphatic carbocycles. The molecule has 0 aliphatic heterocycles. The zero-order valence-corrected chi connectivity index (χ0v) is 14.0. The van der Waals surface area contributed by atoms with Crippen molar-refractivity contribution in [3.8, 4) is 0 Å². The zero-order valence-electron chi connectivity index (χ0n) is 14.0. The summed E-state index contributed by atoms with van der Waals surface area (Å²) in [6, 6.07) is 0.871. The average Bonchev–Trinajstić information content (AvgIpc) is 3.18. The molecule has 0 saturated heterocycles. The Morgan fingerprint density at radius 3 is 2.45 bits per heavy atom. The van der Waals surface area contributed by atoms with Gasteiger partial charge in [-0.15, -0.1) is 0 Å². The summed E-state index contributed by atoms with van der Waals surface area (Å²) in [5, 5.41) is 3.38. The maximum atomic E-state index is 12.2. The van der Waals surface area contributed by atoms with Crippen molar-refractivity contribution < 1.29 is 9.53 Å². The number of carbonyl (C=O) groups is 1. The van der Waals surface area contributed by atoms with Crippen molar-refractivity contribution in [1.29, 1.82) is 0 Å². The molecule has 1 rings (SSSR count). The lowest BCUT2D eigenvalue weighted by molar-refractivity contribution is -0.151. The van der Waals surface area contributed by atoms with Crippen molar-refractivity contribution in [1.82, 2.24) is 10.2 Å². The number of hydrogen-bond donors (Lipinski definition) is 1. The number of carbonyl (C=O) groups excluding carboxylic acids is 1. The van der Waals surface area contributed by atoms with Crippen LogP contribution in [-0.2, 0) is 9.53 Å². The molecule has 4 heteroatoms. The van der Waals surface area contributed by atoms with Crippen molar-refractivity contribution in [3.05, 3.63) is 0 Å². The van der Waals surface area contributed by atoms with Gasteiger partial charge < -0.3 is 9.64 Å². The monoisotopic (exact) mass is 284 g/mol. The summed E-state index contributed by atoms with van der Waals surface area (Å²) in [4.78, 5) is 14.6. The average molecular weight is 284 g/mol. The van der Waals surface area contributed by atoms with Gasteiger partial charge in [0.15, 0.2) is 0 Å². The molecule has 2 atom stereocenters. The summed E-state index contributed by atoms with van der Waals surface area (Å²) in [5.41, 5.74) is -0.596. The molecule has 0 aromatic heterocycles. The maximum Gasteiger partial charge on any atom is 0.326 e. The summed E-state index contributed by atoms with van der Waals surface area (Å²) < 4.78 is 5.24. The molecule has 0 aromatic carbocycles. The minimum atomic E-state index is -0.596. The quantitative estimate of drug-likeness (QED) is 0.660. The topological polar surface area (TPSA) is 41.6 Å². The minimum Gasteiger partial charge on any atom is -0.465 e. The van der Waals surface area contributed by atoms with E-state index in [2.05, 4.69) is 38.0 Å². The Kier molecular flexibility index (Phi) is 6.46. The molecule has 118 valence electrons. The van der Waals surface area contributed by atoms with Crippen molar-refractivity contribution in [2.45, 2.75) is 71.5 Å². The third kappa shape index (κ3) is 5.06. The van der Waals surface area contributed by atoms with Crippen LogP contribution >= 0.6 is 0 Å². The number of esters is 1. The summed E-state index contributed by atoms with van der Waals surface area (Å²) in [6.45, 7) is 11.6. The SMILES string of the molecule is CCOC(=O)C(C)(CCN(C)C(C)C1CC1)NC(C)C. The van der Waals surface area contributed by atoms with Crippen LogP contribution in [0.5, 0.6) is 0 Å². The summed E-state index contributed by atoms with van der Waals surface area (Å²) in [5.74, 6) is 0.716. The standard InChI is InChI=1S/C16H32N2O2/c1-7-20-15(19)16(5,17-12(2)3)10-11-18(6)13(4)14-8-9-14/h12-14,17H,7-11H2,1-6H3. The van der Waals surface area contributed by atoms with E-state index >= 15 is 0 Å². The maximum absolute atomic E-state index is 12.2. The van der Waals surface area contributed by atoms with E-state index in [1.54, 1.807) is 0 Å². The molecule has 1 fully saturated rings. The molecule has 1 saturated carbocycles. The van der Waals surface area contributed by atoms with Gasteiger partial charge in [0.1, 0.15) is 5.54 Å². The van der Waals surface area contributed by atoms with E-state index in [1.165, 1.54) is 12.8 Å². The summed E-state index contributed by atoms with van der Waals surface area (Å²) >= 11 is 0. The molecule has 1 N–H and O–H groups in total. The van der Waals surface area contributed by atoms with Gasteiger partial charge in [0.05, 0.1) is 6.61 Å². The fourth-order valence-corrected chi connectivity index (χ4v) is 2.70. The van der Waals surface area contributed by atoms with Crippen LogP contribution in [0.25, 0.3) is 0 Å². The van der Waals surface area contributed by atoms with E-state index in [4.69, 9.17) is 4.74 Å². The van der Waals surface area contributed by atoms with Gasteiger partial charge in [0, 0.05) is 18.6 Å². The van der Waals surface area contributed by atoms with E-state index in [-0.39, 0.29) is 12.0 Å². The van der Waals surface area contributed by atoms with Crippen LogP contribution in [0.15, 0.2) is 0 Å². The largest absolute Gasteiger partial charge is 0.465 e. The van der Waals surface area contributed by atoms with Gasteiger partial charge in [-0.05, 0) is 66.8 Å². The number of nitrogens with one attached hydrogen (secondary N) is 1. The van der Waals surface area contributed by atoms with Gasteiger partial charge in [-0.1, -0.05) is 0 Å². The van der Waals surface area contributed by atoms with Crippen LogP contribution < -0.4 is 5.32 Å². The second kappa shape index (κ2) is 7.41. The molecule has 0 aromatic rings. The first-order valence-corrected chi connectivity index (χ1v) is 7.95. The summed E-state index contributed by atoms with van der Waals surface area (Å²) in [6.07, 6.45) is 3.48. The smallest absolute Gasteiger partial charge is 0.326 e. The van der Waals surface area contributed by atoms with Crippen LogP contribution in [0.1, 0.15) is 53.9 Å². The second-order valence-corrected chi connectivity index (χ2v) is 6.66. The number of rotatable bonds is 9. The van der Waals surface area contributed by atoms with E-state index in [0.717, 1.165) is 18.9 Å². The molecule has 0 bridgehead atoms. The van der Waals surface area contributed by atoms with Crippen LogP contribution in [-0.4, -0.2) is 48.7 Å². The molecule has 1 aliphatic rings. The Bertz CT molecular complexity index is 316. The van der Waals surface area contributed by atoms with Crippen molar-refractivity contribution in [2.24, 2.45) is 5.92 Å². The summed E-state index contributed by atoms with van der Waals surface area (Å²) in [7, 11) is 2.16. The van der Waals surface area contributed by atoms with Crippen LogP contribution in [0, 0.1) is 5.92 Å². The fourth-order valence-electron chi connectivity index (χ4n) is 2.70. The molecule has 20 heavy (non-hydrogen) atoms. The lowest BCUT2D eigenvalue weighted by atomic mass is 9.96. The van der Waals surface area contributed by atoms with Crippen LogP contribution in [0.2, 0.25) is 0 Å². The van der Waals surface area contributed by atoms with E-state index in [0.29, 0.717) is 12.6 Å². The van der Waals surface area contributed by atoms with Gasteiger partial charge in [0.2, 0.25) is 0 Å². The molecule has 0 radical (unpaired) electrons. The van der Waals surface area contributed by atoms with E-state index in [1.807, 2.05) is 13.8 Å². The van der Waals surface area contributed by atoms with Crippen LogP contribution in [0.3, 0.4) is 0 Å². The van der Waals surface area contributed by atoms with Gasteiger partial charge in [-0.2, -0.15) is 0 Å². The number of ether oxygens (including phenoxy) is 1. The fraction of sp³-hybridized carbons (Fsp3) is 0.938. The zero-order chi connectivity index (χ0) is 15.3. The first kappa shape index (κ1) is 17.4. The molecular weight excluding hydrogens is 252 g/mol. The Morgan fingerprint density at radius 1 is 1.40 bits per heavy atom. The van der Waals surface area contributed by atoms with E-state index < -0.39 is 5.54 Å². The molecule has 0 heterocycles. The normalized spacial score (nSPS) is 20.0. The molecule has 4 nitrogen and oxygen atoms in total. The Morgan fingerprint density at radius 2 is 2.00 bits per heavy atom. The highest BCUT2D eigenvalue weighted by atomic mass is 16.5. The van der Waals surface area contributed by atoms with E-state index in [9.17, 15) is 4.79 Å². The third-order valence-corrected chi connectivity index (χ3v) is 4.30. The highest BCUT2D eigenvalue weighted by molar-refractivity contribution is 5.80. The number of nitrogens with zero attached hydrogens (tertiary/aromatic N) is 1. The lowest BCUT2D eigenvalue weighted by Gasteiger charge is -2.33. The minimum absolute atomic E-state index is 0.138. The molecule has 0 spiro atoms. The highest BCUT2D eigenvalue weighted by Crippen LogP contribution is 2.34. The van der Waals surface area contributed by atoms with Gasteiger partial charge >= 0.3 is 5.97 Å². The predicted octanol–water partition coefficient (Wildman–Crippen LogP) is 2.43. The highest BCUT2D eigenvalue weighted by Gasteiger charge is 2.36. The predicted molar refractivity (Wildman–Crippen MR) is 82.7 cm³/mol. The van der Waals surface area contributed by atoms with Crippen molar-refractivity contribution in [3.63, 3.8) is 0 Å². The molecule has 2 unspecified atom stereocenters. The molecular formula is C16H32N2O2. The molecule has 0 amide bonds.